The van der Waals surface area contributed by atoms with Crippen molar-refractivity contribution in [3.05, 3.63) is 35.9 Å². The van der Waals surface area contributed by atoms with E-state index in [4.69, 9.17) is 5.11 Å². The molecule has 0 unspecified atom stereocenters. The molecular formula is C16H23NO3. The summed E-state index contributed by atoms with van der Waals surface area (Å²) in [5.74, 6) is -1.51. The molecule has 0 radical (unpaired) electrons. The van der Waals surface area contributed by atoms with Gasteiger partial charge in [0.2, 0.25) is 0 Å². The zero-order valence-corrected chi connectivity index (χ0v) is 11.7. The molecule has 0 spiro atoms. The van der Waals surface area contributed by atoms with Gasteiger partial charge in [-0.3, -0.25) is 4.79 Å². The van der Waals surface area contributed by atoms with Gasteiger partial charge in [-0.15, -0.1) is 0 Å². The van der Waals surface area contributed by atoms with Gasteiger partial charge in [0.15, 0.2) is 0 Å². The molecule has 1 fully saturated rings. The summed E-state index contributed by atoms with van der Waals surface area (Å²) in [5.41, 5.74) is 1.35. The Balaban J connectivity index is 1.68. The number of aliphatic hydroxyl groups excluding tert-OH is 1. The van der Waals surface area contributed by atoms with E-state index in [1.807, 2.05) is 6.07 Å². The molecule has 0 amide bonds. The van der Waals surface area contributed by atoms with Crippen LogP contribution in [0.3, 0.4) is 0 Å². The number of carboxylic acid groups (broad SMARTS) is 1. The molecule has 2 N–H and O–H groups in total. The summed E-state index contributed by atoms with van der Waals surface area (Å²) in [6.07, 6.45) is 3.13. The summed E-state index contributed by atoms with van der Waals surface area (Å²) in [4.78, 5) is 13.2. The van der Waals surface area contributed by atoms with Gasteiger partial charge in [-0.1, -0.05) is 30.3 Å². The molecule has 1 saturated heterocycles. The fraction of sp³-hybridized carbons (Fsp3) is 0.562. The number of unbranched alkanes of at least 4 members (excludes halogenated alkanes) is 1. The Kier molecular flexibility index (Phi) is 5.56. The fourth-order valence-electron chi connectivity index (χ4n) is 2.76. The van der Waals surface area contributed by atoms with Gasteiger partial charge in [-0.25, -0.2) is 0 Å². The third-order valence-electron chi connectivity index (χ3n) is 4.01. The molecule has 4 nitrogen and oxygen atoms in total. The smallest absolute Gasteiger partial charge is 0.310 e. The average Bonchev–Trinajstić information content (AvgIpc) is 2.46. The van der Waals surface area contributed by atoms with Crippen LogP contribution in [0.1, 0.15) is 24.8 Å². The van der Waals surface area contributed by atoms with E-state index in [0.717, 1.165) is 32.4 Å². The number of carboxylic acids is 1. The summed E-state index contributed by atoms with van der Waals surface area (Å²) < 4.78 is 0. The molecule has 1 aliphatic rings. The molecule has 2 rings (SSSR count). The predicted octanol–water partition coefficient (Wildman–Crippen LogP) is 1.78. The number of piperidine rings is 1. The lowest BCUT2D eigenvalue weighted by Gasteiger charge is -2.33. The van der Waals surface area contributed by atoms with E-state index >= 15 is 0 Å². The molecular weight excluding hydrogens is 254 g/mol. The second-order valence-electron chi connectivity index (χ2n) is 5.54. The van der Waals surface area contributed by atoms with E-state index in [0.29, 0.717) is 13.0 Å². The Morgan fingerprint density at radius 3 is 2.70 bits per heavy atom. The van der Waals surface area contributed by atoms with Gasteiger partial charge in [0.25, 0.3) is 0 Å². The van der Waals surface area contributed by atoms with Crippen molar-refractivity contribution in [3.63, 3.8) is 0 Å². The van der Waals surface area contributed by atoms with Gasteiger partial charge in [0, 0.05) is 13.1 Å². The highest BCUT2D eigenvalue weighted by Gasteiger charge is 2.32. The first-order chi connectivity index (χ1) is 9.66. The summed E-state index contributed by atoms with van der Waals surface area (Å²) in [7, 11) is 0. The van der Waals surface area contributed by atoms with Crippen molar-refractivity contribution in [2.75, 3.05) is 19.6 Å². The van der Waals surface area contributed by atoms with E-state index in [1.165, 1.54) is 5.56 Å². The Morgan fingerprint density at radius 2 is 2.00 bits per heavy atom. The van der Waals surface area contributed by atoms with Gasteiger partial charge in [-0.2, -0.15) is 0 Å². The highest BCUT2D eigenvalue weighted by atomic mass is 16.4. The van der Waals surface area contributed by atoms with Gasteiger partial charge >= 0.3 is 5.97 Å². The van der Waals surface area contributed by atoms with Crippen LogP contribution in [0.2, 0.25) is 0 Å². The molecule has 4 heteroatoms. The molecule has 0 aromatic heterocycles. The fourth-order valence-corrected chi connectivity index (χ4v) is 2.76. The molecule has 1 aromatic rings. The van der Waals surface area contributed by atoms with Crippen LogP contribution in [0.15, 0.2) is 30.3 Å². The van der Waals surface area contributed by atoms with E-state index in [2.05, 4.69) is 29.2 Å². The summed E-state index contributed by atoms with van der Waals surface area (Å²) in [5, 5.41) is 18.7. The SMILES string of the molecule is O=C(O)[C@H]1CN(CCCCc2ccccc2)CC[C@@H]1O. The van der Waals surface area contributed by atoms with Crippen molar-refractivity contribution in [3.8, 4) is 0 Å². The zero-order valence-electron chi connectivity index (χ0n) is 11.7. The quantitative estimate of drug-likeness (QED) is 0.778. The van der Waals surface area contributed by atoms with Crippen molar-refractivity contribution >= 4 is 5.97 Å². The van der Waals surface area contributed by atoms with Crippen LogP contribution in [0.4, 0.5) is 0 Å². The second-order valence-corrected chi connectivity index (χ2v) is 5.54. The number of hydrogen-bond acceptors (Lipinski definition) is 3. The molecule has 2 atom stereocenters. The number of carbonyl (C=O) groups is 1. The highest BCUT2D eigenvalue weighted by Crippen LogP contribution is 2.18. The summed E-state index contributed by atoms with van der Waals surface area (Å²) in [6, 6.07) is 10.4. The molecule has 1 aromatic carbocycles. The van der Waals surface area contributed by atoms with Crippen molar-refractivity contribution in [2.24, 2.45) is 5.92 Å². The normalized spacial score (nSPS) is 23.6. The second kappa shape index (κ2) is 7.41. The van der Waals surface area contributed by atoms with E-state index < -0.39 is 18.0 Å². The van der Waals surface area contributed by atoms with Crippen molar-refractivity contribution in [2.45, 2.75) is 31.8 Å². The lowest BCUT2D eigenvalue weighted by atomic mass is 9.94. The van der Waals surface area contributed by atoms with Crippen LogP contribution in [0.25, 0.3) is 0 Å². The lowest BCUT2D eigenvalue weighted by molar-refractivity contribution is -0.148. The van der Waals surface area contributed by atoms with Crippen LogP contribution in [-0.2, 0) is 11.2 Å². The Morgan fingerprint density at radius 1 is 1.25 bits per heavy atom. The number of aliphatic carboxylic acids is 1. The average molecular weight is 277 g/mol. The largest absolute Gasteiger partial charge is 0.481 e. The van der Waals surface area contributed by atoms with Crippen molar-refractivity contribution in [1.29, 1.82) is 0 Å². The first kappa shape index (κ1) is 15.0. The van der Waals surface area contributed by atoms with Crippen LogP contribution < -0.4 is 0 Å². The molecule has 20 heavy (non-hydrogen) atoms. The number of nitrogens with zero attached hydrogens (tertiary/aromatic N) is 1. The van der Waals surface area contributed by atoms with Gasteiger partial charge < -0.3 is 15.1 Å². The zero-order chi connectivity index (χ0) is 14.4. The van der Waals surface area contributed by atoms with Crippen molar-refractivity contribution < 1.29 is 15.0 Å². The molecule has 0 aliphatic carbocycles. The maximum atomic E-state index is 11.0. The Bertz CT molecular complexity index is 421. The van der Waals surface area contributed by atoms with E-state index in [9.17, 15) is 9.90 Å². The first-order valence-electron chi connectivity index (χ1n) is 7.34. The van der Waals surface area contributed by atoms with Crippen LogP contribution in [0.5, 0.6) is 0 Å². The van der Waals surface area contributed by atoms with Crippen LogP contribution in [0, 0.1) is 5.92 Å². The predicted molar refractivity (Wildman–Crippen MR) is 77.6 cm³/mol. The topological polar surface area (TPSA) is 60.8 Å². The molecule has 1 aliphatic heterocycles. The Labute approximate surface area is 120 Å². The minimum Gasteiger partial charge on any atom is -0.481 e. The molecule has 110 valence electrons. The first-order valence-corrected chi connectivity index (χ1v) is 7.34. The van der Waals surface area contributed by atoms with Gasteiger partial charge in [-0.05, 0) is 37.8 Å². The maximum Gasteiger partial charge on any atom is 0.310 e. The third-order valence-corrected chi connectivity index (χ3v) is 4.01. The molecule has 0 saturated carbocycles. The standard InChI is InChI=1S/C16H23NO3/c18-15-9-11-17(12-14(15)16(19)20)10-5-4-8-13-6-2-1-3-7-13/h1-3,6-7,14-15,18H,4-5,8-12H2,(H,19,20)/t14-,15-/m0/s1. The summed E-state index contributed by atoms with van der Waals surface area (Å²) >= 11 is 0. The number of rotatable bonds is 6. The minimum atomic E-state index is -0.883. The number of hydrogen-bond donors (Lipinski definition) is 2. The van der Waals surface area contributed by atoms with Gasteiger partial charge in [0.1, 0.15) is 0 Å². The number of aliphatic hydroxyl groups is 1. The van der Waals surface area contributed by atoms with Gasteiger partial charge in [0.05, 0.1) is 12.0 Å². The maximum absolute atomic E-state index is 11.0. The monoisotopic (exact) mass is 277 g/mol. The third kappa shape index (κ3) is 4.32. The minimum absolute atomic E-state index is 0.474. The van der Waals surface area contributed by atoms with Crippen LogP contribution >= 0.6 is 0 Å². The Hall–Kier alpha value is -1.39. The van der Waals surface area contributed by atoms with E-state index in [1.54, 1.807) is 0 Å². The summed E-state index contributed by atoms with van der Waals surface area (Å²) in [6.45, 7) is 2.20. The number of likely N-dealkylation sites (tertiary alicyclic amines) is 1. The highest BCUT2D eigenvalue weighted by molar-refractivity contribution is 5.71. The van der Waals surface area contributed by atoms with Crippen LogP contribution in [-0.4, -0.2) is 46.8 Å². The lowest BCUT2D eigenvalue weighted by Crippen LogP contribution is -2.46. The molecule has 1 heterocycles. The van der Waals surface area contributed by atoms with Crippen molar-refractivity contribution in [1.82, 2.24) is 4.90 Å². The number of aryl methyl sites for hydroxylation is 1. The van der Waals surface area contributed by atoms with E-state index in [-0.39, 0.29) is 0 Å². The molecule has 0 bridgehead atoms. The number of benzene rings is 1.